The smallest absolute Gasteiger partial charge is 0.178 e. The van der Waals surface area contributed by atoms with E-state index in [0.717, 1.165) is 72.5 Å². The van der Waals surface area contributed by atoms with Gasteiger partial charge in [0.15, 0.2) is 5.60 Å². The third kappa shape index (κ3) is 6.15. The Labute approximate surface area is 340 Å². The highest BCUT2D eigenvalue weighted by molar-refractivity contribution is 6.15. The Bertz CT molecular complexity index is 2710. The summed E-state index contributed by atoms with van der Waals surface area (Å²) >= 11 is 0. The Morgan fingerprint density at radius 3 is 0.931 bits per heavy atom. The van der Waals surface area contributed by atoms with Gasteiger partial charge in [0.1, 0.15) is 5.75 Å². The summed E-state index contributed by atoms with van der Waals surface area (Å²) in [6.45, 7) is 0. The molecule has 0 amide bonds. The Balaban J connectivity index is 1.42. The number of hydrogen-bond donors (Lipinski definition) is 0. The molecule has 0 N–H and O–H groups in total. The van der Waals surface area contributed by atoms with Crippen LogP contribution in [0.25, 0.3) is 72.8 Å². The summed E-state index contributed by atoms with van der Waals surface area (Å²) in [5, 5.41) is 0. The molecule has 0 saturated heterocycles. The van der Waals surface area contributed by atoms with Crippen LogP contribution in [0.15, 0.2) is 237 Å². The van der Waals surface area contributed by atoms with Crippen molar-refractivity contribution >= 4 is 6.08 Å². The number of ether oxygens (including phenoxy) is 1. The molecule has 0 spiro atoms. The first-order valence-corrected chi connectivity index (χ1v) is 19.9. The normalized spacial score (nSPS) is 12.7. The van der Waals surface area contributed by atoms with Gasteiger partial charge in [0.25, 0.3) is 0 Å². The molecule has 10 rings (SSSR count). The minimum Gasteiger partial charge on any atom is -0.472 e. The van der Waals surface area contributed by atoms with Crippen LogP contribution in [0.3, 0.4) is 0 Å². The number of rotatable bonds is 8. The minimum atomic E-state index is -0.861. The standard InChI is InChI=1S/C57H40O/c1-8-23-41(24-9-1)50-51(42-25-10-2-11-26-42)53(44-29-14-4-15-30-44)55(54(45-31-16-5-17-32-45)52(50)43-27-12-3-13-28-43)49-38-22-33-46-39-40-57(58-56(46)49,47-34-18-6-19-35-47)48-36-20-7-21-37-48/h1-40H. The molecule has 1 nitrogen and oxygen atoms in total. The zero-order chi connectivity index (χ0) is 38.7. The molecule has 0 saturated carbocycles. The maximum Gasteiger partial charge on any atom is 0.178 e. The van der Waals surface area contributed by atoms with E-state index in [-0.39, 0.29) is 0 Å². The summed E-state index contributed by atoms with van der Waals surface area (Å²) in [6.07, 6.45) is 4.48. The van der Waals surface area contributed by atoms with Crippen LogP contribution in [0.1, 0.15) is 16.7 Å². The van der Waals surface area contributed by atoms with Crippen molar-refractivity contribution < 1.29 is 4.74 Å². The van der Waals surface area contributed by atoms with E-state index in [2.05, 4.69) is 243 Å². The van der Waals surface area contributed by atoms with Crippen LogP contribution >= 0.6 is 0 Å². The second-order valence-corrected chi connectivity index (χ2v) is 14.7. The first-order chi connectivity index (χ1) is 28.8. The number of fused-ring (bicyclic) bond motifs is 1. The SMILES string of the molecule is C1=CC(c2ccccc2)(c2ccccc2)Oc2c1cccc2-c1c(-c2ccccc2)c(-c2ccccc2)c(-c2ccccc2)c(-c2ccccc2)c1-c1ccccc1. The number of hydrogen-bond acceptors (Lipinski definition) is 1. The minimum absolute atomic E-state index is 0.845. The lowest BCUT2D eigenvalue weighted by molar-refractivity contribution is 0.162. The highest BCUT2D eigenvalue weighted by Gasteiger charge is 2.39. The van der Waals surface area contributed by atoms with Gasteiger partial charge in [0.05, 0.1) is 0 Å². The van der Waals surface area contributed by atoms with Gasteiger partial charge in [-0.25, -0.2) is 0 Å². The van der Waals surface area contributed by atoms with E-state index in [1.807, 2.05) is 0 Å². The molecule has 1 aliphatic heterocycles. The maximum absolute atomic E-state index is 7.68. The van der Waals surface area contributed by atoms with Crippen molar-refractivity contribution in [2.24, 2.45) is 0 Å². The lowest BCUT2D eigenvalue weighted by Crippen LogP contribution is -2.34. The molecule has 0 aliphatic carbocycles. The molecule has 0 fully saturated rings. The Kier molecular flexibility index (Phi) is 9.18. The van der Waals surface area contributed by atoms with Crippen LogP contribution in [-0.2, 0) is 5.60 Å². The van der Waals surface area contributed by atoms with Gasteiger partial charge in [0.2, 0.25) is 0 Å². The van der Waals surface area contributed by atoms with Crippen LogP contribution < -0.4 is 4.74 Å². The molecule has 1 heteroatoms. The van der Waals surface area contributed by atoms with Crippen molar-refractivity contribution in [2.45, 2.75) is 5.60 Å². The van der Waals surface area contributed by atoms with Crippen molar-refractivity contribution in [1.82, 2.24) is 0 Å². The fourth-order valence-electron chi connectivity index (χ4n) is 8.73. The molecule has 0 radical (unpaired) electrons. The predicted octanol–water partition coefficient (Wildman–Crippen LogP) is 15.0. The highest BCUT2D eigenvalue weighted by Crippen LogP contribution is 2.58. The topological polar surface area (TPSA) is 9.23 Å². The molecular formula is C57H40O. The molecule has 0 aromatic heterocycles. The molecule has 9 aromatic carbocycles. The maximum atomic E-state index is 7.68. The lowest BCUT2D eigenvalue weighted by Gasteiger charge is -2.37. The Hall–Kier alpha value is -7.48. The van der Waals surface area contributed by atoms with E-state index in [1.54, 1.807) is 0 Å². The summed E-state index contributed by atoms with van der Waals surface area (Å²) in [5.74, 6) is 0.845. The summed E-state index contributed by atoms with van der Waals surface area (Å²) in [7, 11) is 0. The van der Waals surface area contributed by atoms with Crippen molar-refractivity contribution in [2.75, 3.05) is 0 Å². The van der Waals surface area contributed by atoms with Crippen molar-refractivity contribution in [3.63, 3.8) is 0 Å². The van der Waals surface area contributed by atoms with Gasteiger partial charge in [-0.2, -0.15) is 0 Å². The van der Waals surface area contributed by atoms with Gasteiger partial charge in [-0.05, 0) is 61.7 Å². The van der Waals surface area contributed by atoms with Gasteiger partial charge in [-0.3, -0.25) is 0 Å². The molecule has 58 heavy (non-hydrogen) atoms. The first kappa shape index (κ1) is 35.0. The molecular weight excluding hydrogens is 701 g/mol. The van der Waals surface area contributed by atoms with Gasteiger partial charge >= 0.3 is 0 Å². The van der Waals surface area contributed by atoms with Gasteiger partial charge in [-0.1, -0.05) is 237 Å². The Morgan fingerprint density at radius 1 is 0.276 bits per heavy atom. The highest BCUT2D eigenvalue weighted by atomic mass is 16.5. The average Bonchev–Trinajstić information content (AvgIpc) is 3.32. The van der Waals surface area contributed by atoms with Gasteiger partial charge in [0, 0.05) is 27.8 Å². The quantitative estimate of drug-likeness (QED) is 0.151. The largest absolute Gasteiger partial charge is 0.472 e. The second-order valence-electron chi connectivity index (χ2n) is 14.7. The monoisotopic (exact) mass is 740 g/mol. The molecule has 0 unspecified atom stereocenters. The average molecular weight is 741 g/mol. The van der Waals surface area contributed by atoms with Crippen LogP contribution in [-0.4, -0.2) is 0 Å². The van der Waals surface area contributed by atoms with E-state index in [0.29, 0.717) is 0 Å². The number of benzene rings is 9. The predicted molar refractivity (Wildman–Crippen MR) is 242 cm³/mol. The van der Waals surface area contributed by atoms with Crippen molar-refractivity contribution in [3.05, 3.63) is 253 Å². The third-order valence-corrected chi connectivity index (χ3v) is 11.3. The summed E-state index contributed by atoms with van der Waals surface area (Å²) < 4.78 is 7.68. The zero-order valence-electron chi connectivity index (χ0n) is 32.0. The number of para-hydroxylation sites is 1. The Morgan fingerprint density at radius 2 is 0.586 bits per heavy atom. The van der Waals surface area contributed by atoms with Crippen LogP contribution in [0.4, 0.5) is 0 Å². The molecule has 1 aliphatic rings. The van der Waals surface area contributed by atoms with Crippen molar-refractivity contribution in [3.8, 4) is 72.5 Å². The zero-order valence-corrected chi connectivity index (χ0v) is 32.0. The van der Waals surface area contributed by atoms with E-state index < -0.39 is 5.60 Å². The molecule has 1 heterocycles. The van der Waals surface area contributed by atoms with Crippen LogP contribution in [0.5, 0.6) is 5.75 Å². The molecule has 274 valence electrons. The third-order valence-electron chi connectivity index (χ3n) is 11.3. The summed E-state index contributed by atoms with van der Waals surface area (Å²) in [5.41, 5.74) is 16.0. The molecule has 0 bridgehead atoms. The fraction of sp³-hybridized carbons (Fsp3) is 0.0175. The van der Waals surface area contributed by atoms with Crippen LogP contribution in [0, 0.1) is 0 Å². The van der Waals surface area contributed by atoms with Crippen LogP contribution in [0.2, 0.25) is 0 Å². The molecule has 9 aromatic rings. The van der Waals surface area contributed by atoms with E-state index in [1.165, 1.54) is 16.7 Å². The lowest BCUT2D eigenvalue weighted by atomic mass is 9.73. The van der Waals surface area contributed by atoms with Crippen molar-refractivity contribution in [1.29, 1.82) is 0 Å². The van der Waals surface area contributed by atoms with E-state index in [9.17, 15) is 0 Å². The van der Waals surface area contributed by atoms with Gasteiger partial charge in [-0.15, -0.1) is 0 Å². The fourth-order valence-corrected chi connectivity index (χ4v) is 8.73. The van der Waals surface area contributed by atoms with E-state index in [4.69, 9.17) is 4.74 Å². The summed E-state index contributed by atoms with van der Waals surface area (Å²) in [4.78, 5) is 0. The van der Waals surface area contributed by atoms with E-state index >= 15 is 0 Å². The summed E-state index contributed by atoms with van der Waals surface area (Å²) in [6, 6.07) is 82.4. The molecule has 0 atom stereocenters. The second kappa shape index (κ2) is 15.2. The first-order valence-electron chi connectivity index (χ1n) is 19.9. The van der Waals surface area contributed by atoms with Gasteiger partial charge < -0.3 is 4.74 Å².